The summed E-state index contributed by atoms with van der Waals surface area (Å²) in [5.41, 5.74) is 8.54. The molecule has 19 heavy (non-hydrogen) atoms. The normalized spacial score (nSPS) is 10.3. The molecule has 1 heterocycles. The largest absolute Gasteiger partial charge is 0.481 e. The molecule has 0 saturated heterocycles. The molecule has 0 fully saturated rings. The van der Waals surface area contributed by atoms with E-state index in [4.69, 9.17) is 22.1 Å². The monoisotopic (exact) mass is 277 g/mol. The summed E-state index contributed by atoms with van der Waals surface area (Å²) >= 11 is 6.00. The van der Waals surface area contributed by atoms with Gasteiger partial charge < -0.3 is 15.4 Å². The van der Waals surface area contributed by atoms with E-state index in [0.717, 1.165) is 11.3 Å². The Morgan fingerprint density at radius 2 is 2.16 bits per heavy atom. The van der Waals surface area contributed by atoms with Crippen LogP contribution in [0.2, 0.25) is 5.02 Å². The van der Waals surface area contributed by atoms with Gasteiger partial charge in [-0.25, -0.2) is 4.98 Å². The molecule has 2 aromatic rings. The second-order valence-corrected chi connectivity index (χ2v) is 4.67. The molecule has 2 rings (SSSR count). The third-order valence-electron chi connectivity index (χ3n) is 2.85. The van der Waals surface area contributed by atoms with E-state index >= 15 is 0 Å². The van der Waals surface area contributed by atoms with Crippen molar-refractivity contribution in [1.29, 1.82) is 0 Å². The Balaban J connectivity index is 2.25. The molecule has 1 aromatic heterocycles. The SMILES string of the molecule is COc1ncccc1CN(C)c1cc(Cl)ccc1N. The van der Waals surface area contributed by atoms with E-state index < -0.39 is 0 Å². The highest BCUT2D eigenvalue weighted by Crippen LogP contribution is 2.28. The van der Waals surface area contributed by atoms with Crippen molar-refractivity contribution in [3.05, 3.63) is 47.1 Å². The quantitative estimate of drug-likeness (QED) is 0.873. The Bertz CT molecular complexity index is 574. The van der Waals surface area contributed by atoms with Crippen LogP contribution in [0.25, 0.3) is 0 Å². The van der Waals surface area contributed by atoms with Gasteiger partial charge >= 0.3 is 0 Å². The number of ether oxygens (including phenoxy) is 1. The van der Waals surface area contributed by atoms with Gasteiger partial charge in [-0.05, 0) is 24.3 Å². The lowest BCUT2D eigenvalue weighted by Crippen LogP contribution is -2.18. The highest BCUT2D eigenvalue weighted by Gasteiger charge is 2.10. The number of rotatable bonds is 4. The number of hydrogen-bond donors (Lipinski definition) is 1. The van der Waals surface area contributed by atoms with Crippen molar-refractivity contribution < 1.29 is 4.74 Å². The minimum Gasteiger partial charge on any atom is -0.481 e. The van der Waals surface area contributed by atoms with Crippen LogP contribution in [0, 0.1) is 0 Å². The van der Waals surface area contributed by atoms with Crippen LogP contribution >= 0.6 is 11.6 Å². The average molecular weight is 278 g/mol. The van der Waals surface area contributed by atoms with Gasteiger partial charge in [-0.1, -0.05) is 17.7 Å². The first kappa shape index (κ1) is 13.5. The standard InChI is InChI=1S/C14H16ClN3O/c1-18(13-8-11(15)5-6-12(13)16)9-10-4-3-7-17-14(10)19-2/h3-8H,9,16H2,1-2H3. The number of nitrogens with zero attached hydrogens (tertiary/aromatic N) is 2. The Morgan fingerprint density at radius 1 is 1.37 bits per heavy atom. The minimum atomic E-state index is 0.620. The molecule has 5 heteroatoms. The van der Waals surface area contributed by atoms with Crippen LogP contribution < -0.4 is 15.4 Å². The number of nitrogen functional groups attached to an aromatic ring is 1. The second-order valence-electron chi connectivity index (χ2n) is 4.23. The van der Waals surface area contributed by atoms with E-state index in [1.807, 2.05) is 30.1 Å². The number of hydrogen-bond acceptors (Lipinski definition) is 4. The van der Waals surface area contributed by atoms with E-state index in [2.05, 4.69) is 4.98 Å². The number of halogens is 1. The molecule has 0 bridgehead atoms. The first-order chi connectivity index (χ1) is 9.11. The maximum absolute atomic E-state index is 6.00. The molecule has 0 spiro atoms. The molecular weight excluding hydrogens is 262 g/mol. The topological polar surface area (TPSA) is 51.4 Å². The fraction of sp³-hybridized carbons (Fsp3) is 0.214. The summed E-state index contributed by atoms with van der Waals surface area (Å²) in [4.78, 5) is 6.19. The van der Waals surface area contributed by atoms with Crippen molar-refractivity contribution in [3.63, 3.8) is 0 Å². The summed E-state index contributed by atoms with van der Waals surface area (Å²) in [5, 5.41) is 0.661. The van der Waals surface area contributed by atoms with Gasteiger partial charge in [0.1, 0.15) is 0 Å². The molecule has 0 aliphatic carbocycles. The molecule has 1 aromatic carbocycles. The lowest BCUT2D eigenvalue weighted by atomic mass is 10.2. The Labute approximate surface area is 117 Å². The summed E-state index contributed by atoms with van der Waals surface area (Å²) in [7, 11) is 3.56. The highest BCUT2D eigenvalue weighted by molar-refractivity contribution is 6.31. The lowest BCUT2D eigenvalue weighted by Gasteiger charge is -2.22. The molecule has 0 aliphatic rings. The summed E-state index contributed by atoms with van der Waals surface area (Å²) in [6.07, 6.45) is 1.70. The molecule has 0 saturated carbocycles. The second kappa shape index (κ2) is 5.80. The smallest absolute Gasteiger partial charge is 0.218 e. The van der Waals surface area contributed by atoms with Crippen LogP contribution in [0.3, 0.4) is 0 Å². The summed E-state index contributed by atoms with van der Waals surface area (Å²) in [6.45, 7) is 0.640. The van der Waals surface area contributed by atoms with Gasteiger partial charge in [-0.15, -0.1) is 0 Å². The van der Waals surface area contributed by atoms with Gasteiger partial charge in [0.15, 0.2) is 0 Å². The zero-order chi connectivity index (χ0) is 13.8. The average Bonchev–Trinajstić information content (AvgIpc) is 2.42. The molecule has 4 nitrogen and oxygen atoms in total. The van der Waals surface area contributed by atoms with Gasteiger partial charge in [0.2, 0.25) is 5.88 Å². The molecule has 0 aliphatic heterocycles. The van der Waals surface area contributed by atoms with Gasteiger partial charge in [0.25, 0.3) is 0 Å². The zero-order valence-corrected chi connectivity index (χ0v) is 11.7. The molecule has 0 unspecified atom stereocenters. The molecule has 0 atom stereocenters. The number of aromatic nitrogens is 1. The fourth-order valence-corrected chi connectivity index (χ4v) is 2.08. The molecular formula is C14H16ClN3O. The van der Waals surface area contributed by atoms with Gasteiger partial charge in [-0.2, -0.15) is 0 Å². The van der Waals surface area contributed by atoms with E-state index in [0.29, 0.717) is 23.1 Å². The van der Waals surface area contributed by atoms with Crippen LogP contribution in [0.15, 0.2) is 36.5 Å². The third kappa shape index (κ3) is 3.09. The van der Waals surface area contributed by atoms with Crippen molar-refractivity contribution in [1.82, 2.24) is 4.98 Å². The first-order valence-corrected chi connectivity index (χ1v) is 6.23. The lowest BCUT2D eigenvalue weighted by molar-refractivity contribution is 0.392. The highest BCUT2D eigenvalue weighted by atomic mass is 35.5. The van der Waals surface area contributed by atoms with Crippen LogP contribution in [-0.4, -0.2) is 19.1 Å². The number of benzene rings is 1. The van der Waals surface area contributed by atoms with Crippen molar-refractivity contribution in [2.75, 3.05) is 24.8 Å². The first-order valence-electron chi connectivity index (χ1n) is 5.86. The van der Waals surface area contributed by atoms with Gasteiger partial charge in [-0.3, -0.25) is 0 Å². The Hall–Kier alpha value is -1.94. The van der Waals surface area contributed by atoms with Crippen molar-refractivity contribution in [3.8, 4) is 5.88 Å². The molecule has 0 radical (unpaired) electrons. The van der Waals surface area contributed by atoms with E-state index in [1.165, 1.54) is 0 Å². The Kier molecular flexibility index (Phi) is 4.12. The summed E-state index contributed by atoms with van der Waals surface area (Å²) < 4.78 is 5.24. The van der Waals surface area contributed by atoms with Crippen molar-refractivity contribution in [2.24, 2.45) is 0 Å². The van der Waals surface area contributed by atoms with Crippen LogP contribution in [0.5, 0.6) is 5.88 Å². The van der Waals surface area contributed by atoms with Crippen LogP contribution in [-0.2, 0) is 6.54 Å². The maximum Gasteiger partial charge on any atom is 0.218 e. The number of methoxy groups -OCH3 is 1. The zero-order valence-electron chi connectivity index (χ0n) is 10.9. The van der Waals surface area contributed by atoms with Crippen LogP contribution in [0.4, 0.5) is 11.4 Å². The summed E-state index contributed by atoms with van der Waals surface area (Å²) in [6, 6.07) is 9.28. The number of nitrogens with two attached hydrogens (primary N) is 1. The fourth-order valence-electron chi connectivity index (χ4n) is 1.92. The predicted octanol–water partition coefficient (Wildman–Crippen LogP) is 2.96. The van der Waals surface area contributed by atoms with Gasteiger partial charge in [0.05, 0.1) is 18.5 Å². The van der Waals surface area contributed by atoms with Crippen LogP contribution in [0.1, 0.15) is 5.56 Å². The number of anilines is 2. The Morgan fingerprint density at radius 3 is 2.89 bits per heavy atom. The third-order valence-corrected chi connectivity index (χ3v) is 3.09. The van der Waals surface area contributed by atoms with E-state index in [-0.39, 0.29) is 0 Å². The molecule has 100 valence electrons. The van der Waals surface area contributed by atoms with E-state index in [9.17, 15) is 0 Å². The molecule has 0 amide bonds. The van der Waals surface area contributed by atoms with E-state index in [1.54, 1.807) is 25.4 Å². The maximum atomic E-state index is 6.00. The molecule has 2 N–H and O–H groups in total. The summed E-state index contributed by atoms with van der Waals surface area (Å²) in [5.74, 6) is 0.620. The minimum absolute atomic E-state index is 0.620. The van der Waals surface area contributed by atoms with Gasteiger partial charge in [0, 0.05) is 30.4 Å². The van der Waals surface area contributed by atoms with Crippen molar-refractivity contribution >= 4 is 23.0 Å². The number of pyridine rings is 1. The predicted molar refractivity (Wildman–Crippen MR) is 78.8 cm³/mol. The van der Waals surface area contributed by atoms with Crippen molar-refractivity contribution in [2.45, 2.75) is 6.54 Å².